The van der Waals surface area contributed by atoms with Gasteiger partial charge >= 0.3 is 5.97 Å². The van der Waals surface area contributed by atoms with Crippen LogP contribution in [-0.2, 0) is 4.74 Å². The van der Waals surface area contributed by atoms with E-state index < -0.39 is 0 Å². The van der Waals surface area contributed by atoms with Crippen molar-refractivity contribution >= 4 is 28.8 Å². The van der Waals surface area contributed by atoms with Gasteiger partial charge in [-0.1, -0.05) is 18.2 Å². The number of carbonyl (C=O) groups is 1. The summed E-state index contributed by atoms with van der Waals surface area (Å²) in [5.74, 6) is -0.348. The molecule has 1 N–H and O–H groups in total. The van der Waals surface area contributed by atoms with Crippen LogP contribution in [0.3, 0.4) is 0 Å². The van der Waals surface area contributed by atoms with Crippen molar-refractivity contribution in [1.82, 2.24) is 4.98 Å². The predicted octanol–water partition coefficient (Wildman–Crippen LogP) is 3.75. The van der Waals surface area contributed by atoms with E-state index in [9.17, 15) is 4.79 Å². The normalized spacial score (nSPS) is 10.5. The lowest BCUT2D eigenvalue weighted by Gasteiger charge is -2.05. The van der Waals surface area contributed by atoms with Crippen LogP contribution in [-0.4, -0.2) is 17.6 Å². The van der Waals surface area contributed by atoms with E-state index in [1.807, 2.05) is 30.3 Å². The zero-order chi connectivity index (χ0) is 14.7. The van der Waals surface area contributed by atoms with E-state index in [1.165, 1.54) is 0 Å². The first-order valence-electron chi connectivity index (χ1n) is 6.66. The van der Waals surface area contributed by atoms with Crippen molar-refractivity contribution < 1.29 is 13.9 Å². The molecule has 3 aromatic rings. The maximum Gasteiger partial charge on any atom is 0.338 e. The number of nitrogens with zero attached hydrogens (tertiary/aromatic N) is 1. The highest BCUT2D eigenvalue weighted by Gasteiger charge is 2.09. The number of hydrogen-bond acceptors (Lipinski definition) is 5. The Kier molecular flexibility index (Phi) is 3.55. The maximum atomic E-state index is 11.7. The molecule has 0 amide bonds. The molecule has 0 atom stereocenters. The summed E-state index contributed by atoms with van der Waals surface area (Å²) in [6.45, 7) is 2.12. The standard InChI is InChI=1S/C16H14N2O3/c1-2-20-15(19)11-6-5-7-12(10-11)17-16-18-13-8-3-4-9-14(13)21-16/h3-10H,2H2,1H3,(H,17,18). The first kappa shape index (κ1) is 13.2. The summed E-state index contributed by atoms with van der Waals surface area (Å²) in [6.07, 6.45) is 0. The Labute approximate surface area is 121 Å². The monoisotopic (exact) mass is 282 g/mol. The molecule has 0 aliphatic rings. The van der Waals surface area contributed by atoms with Crippen LogP contribution in [0.25, 0.3) is 11.1 Å². The molecule has 0 saturated heterocycles. The molecule has 1 heterocycles. The minimum Gasteiger partial charge on any atom is -0.462 e. The molecule has 2 aromatic carbocycles. The summed E-state index contributed by atoms with van der Waals surface area (Å²) in [7, 11) is 0. The first-order chi connectivity index (χ1) is 10.3. The number of fused-ring (bicyclic) bond motifs is 1. The molecule has 0 spiro atoms. The van der Waals surface area contributed by atoms with Crippen molar-refractivity contribution in [3.05, 3.63) is 54.1 Å². The third-order valence-electron chi connectivity index (χ3n) is 2.92. The summed E-state index contributed by atoms with van der Waals surface area (Å²) < 4.78 is 10.6. The van der Waals surface area contributed by atoms with Crippen LogP contribution in [0.4, 0.5) is 11.7 Å². The largest absolute Gasteiger partial charge is 0.462 e. The van der Waals surface area contributed by atoms with Gasteiger partial charge in [0.05, 0.1) is 12.2 Å². The van der Waals surface area contributed by atoms with Gasteiger partial charge in [0.2, 0.25) is 0 Å². The fraction of sp³-hybridized carbons (Fsp3) is 0.125. The van der Waals surface area contributed by atoms with Crippen LogP contribution in [0.2, 0.25) is 0 Å². The number of para-hydroxylation sites is 2. The molecular weight excluding hydrogens is 268 g/mol. The van der Waals surface area contributed by atoms with E-state index >= 15 is 0 Å². The number of carbonyl (C=O) groups excluding carboxylic acids is 1. The van der Waals surface area contributed by atoms with E-state index in [0.717, 1.165) is 5.52 Å². The molecule has 1 aromatic heterocycles. The molecule has 0 bridgehead atoms. The van der Waals surface area contributed by atoms with Gasteiger partial charge in [-0.15, -0.1) is 0 Å². The SMILES string of the molecule is CCOC(=O)c1cccc(Nc2nc3ccccc3o2)c1. The third-order valence-corrected chi connectivity index (χ3v) is 2.92. The van der Waals surface area contributed by atoms with E-state index in [-0.39, 0.29) is 5.97 Å². The summed E-state index contributed by atoms with van der Waals surface area (Å²) in [6, 6.07) is 14.9. The molecule has 0 saturated carbocycles. The Bertz CT molecular complexity index is 747. The summed E-state index contributed by atoms with van der Waals surface area (Å²) in [5, 5.41) is 3.05. The Morgan fingerprint density at radius 1 is 1.24 bits per heavy atom. The average Bonchev–Trinajstić information content (AvgIpc) is 2.90. The fourth-order valence-corrected chi connectivity index (χ4v) is 1.99. The molecule has 0 radical (unpaired) electrons. The lowest BCUT2D eigenvalue weighted by Crippen LogP contribution is -2.04. The van der Waals surface area contributed by atoms with Gasteiger partial charge in [0.1, 0.15) is 5.52 Å². The molecule has 3 rings (SSSR count). The second kappa shape index (κ2) is 5.66. The third kappa shape index (κ3) is 2.86. The lowest BCUT2D eigenvalue weighted by molar-refractivity contribution is 0.0526. The Balaban J connectivity index is 1.84. The molecule has 0 unspecified atom stereocenters. The van der Waals surface area contributed by atoms with Gasteiger partial charge in [-0.25, -0.2) is 4.79 Å². The number of benzene rings is 2. The van der Waals surface area contributed by atoms with Crippen LogP contribution < -0.4 is 5.32 Å². The van der Waals surface area contributed by atoms with Crippen LogP contribution in [0.5, 0.6) is 0 Å². The van der Waals surface area contributed by atoms with Gasteiger partial charge < -0.3 is 14.5 Å². The number of aromatic nitrogens is 1. The van der Waals surface area contributed by atoms with E-state index in [0.29, 0.717) is 29.5 Å². The van der Waals surface area contributed by atoms with Crippen LogP contribution >= 0.6 is 0 Å². The van der Waals surface area contributed by atoms with Crippen LogP contribution in [0, 0.1) is 0 Å². The van der Waals surface area contributed by atoms with Crippen LogP contribution in [0.1, 0.15) is 17.3 Å². The highest BCUT2D eigenvalue weighted by molar-refractivity contribution is 5.90. The molecule has 5 nitrogen and oxygen atoms in total. The van der Waals surface area contributed by atoms with Crippen molar-refractivity contribution in [3.8, 4) is 0 Å². The number of rotatable bonds is 4. The number of esters is 1. The van der Waals surface area contributed by atoms with Gasteiger partial charge in [0.15, 0.2) is 5.58 Å². The maximum absolute atomic E-state index is 11.7. The van der Waals surface area contributed by atoms with Crippen LogP contribution in [0.15, 0.2) is 52.9 Å². The molecule has 21 heavy (non-hydrogen) atoms. The van der Waals surface area contributed by atoms with Gasteiger partial charge in [-0.2, -0.15) is 4.98 Å². The molecular formula is C16H14N2O3. The van der Waals surface area contributed by atoms with E-state index in [4.69, 9.17) is 9.15 Å². The van der Waals surface area contributed by atoms with Gasteiger partial charge in [0.25, 0.3) is 6.01 Å². The fourth-order valence-electron chi connectivity index (χ4n) is 1.99. The van der Waals surface area contributed by atoms with Crippen molar-refractivity contribution in [3.63, 3.8) is 0 Å². The van der Waals surface area contributed by atoms with Gasteiger partial charge in [0, 0.05) is 5.69 Å². The number of hydrogen-bond donors (Lipinski definition) is 1. The molecule has 106 valence electrons. The topological polar surface area (TPSA) is 64.4 Å². The number of oxazole rings is 1. The minimum atomic E-state index is -0.348. The Hall–Kier alpha value is -2.82. The van der Waals surface area contributed by atoms with Gasteiger partial charge in [-0.05, 0) is 37.3 Å². The molecule has 0 aliphatic heterocycles. The van der Waals surface area contributed by atoms with Crippen molar-refractivity contribution in [2.45, 2.75) is 6.92 Å². The first-order valence-corrected chi connectivity index (χ1v) is 6.66. The zero-order valence-corrected chi connectivity index (χ0v) is 11.5. The Morgan fingerprint density at radius 2 is 2.10 bits per heavy atom. The lowest BCUT2D eigenvalue weighted by atomic mass is 10.2. The van der Waals surface area contributed by atoms with Gasteiger partial charge in [-0.3, -0.25) is 0 Å². The zero-order valence-electron chi connectivity index (χ0n) is 11.5. The smallest absolute Gasteiger partial charge is 0.338 e. The number of ether oxygens (including phenoxy) is 1. The highest BCUT2D eigenvalue weighted by atomic mass is 16.5. The molecule has 5 heteroatoms. The van der Waals surface area contributed by atoms with Crippen molar-refractivity contribution in [2.75, 3.05) is 11.9 Å². The Morgan fingerprint density at radius 3 is 2.90 bits per heavy atom. The van der Waals surface area contributed by atoms with E-state index in [1.54, 1.807) is 25.1 Å². The van der Waals surface area contributed by atoms with Crippen molar-refractivity contribution in [1.29, 1.82) is 0 Å². The second-order valence-corrected chi connectivity index (χ2v) is 4.41. The highest BCUT2D eigenvalue weighted by Crippen LogP contribution is 2.22. The van der Waals surface area contributed by atoms with E-state index in [2.05, 4.69) is 10.3 Å². The predicted molar refractivity (Wildman–Crippen MR) is 79.7 cm³/mol. The summed E-state index contributed by atoms with van der Waals surface area (Å²) >= 11 is 0. The molecule has 0 fully saturated rings. The number of anilines is 2. The summed E-state index contributed by atoms with van der Waals surface area (Å²) in [4.78, 5) is 16.0. The minimum absolute atomic E-state index is 0.348. The number of nitrogens with one attached hydrogen (secondary N) is 1. The average molecular weight is 282 g/mol. The second-order valence-electron chi connectivity index (χ2n) is 4.41. The molecule has 0 aliphatic carbocycles. The summed E-state index contributed by atoms with van der Waals surface area (Å²) in [5.41, 5.74) is 2.69. The quantitative estimate of drug-likeness (QED) is 0.738. The van der Waals surface area contributed by atoms with Crippen molar-refractivity contribution in [2.24, 2.45) is 0 Å².